The Hall–Kier alpha value is -3.71. The Morgan fingerprint density at radius 2 is 1.51 bits per heavy atom. The van der Waals surface area contributed by atoms with Crippen LogP contribution in [0.15, 0.2) is 77.6 Å². The molecule has 0 unspecified atom stereocenters. The van der Waals surface area contributed by atoms with Crippen molar-refractivity contribution < 1.29 is 14.3 Å². The molecule has 0 bridgehead atoms. The first-order valence-corrected chi connectivity index (χ1v) is 11.8. The van der Waals surface area contributed by atoms with Crippen molar-refractivity contribution >= 4 is 11.9 Å². The number of hydrogen-bond acceptors (Lipinski definition) is 5. The Bertz CT molecular complexity index is 1140. The highest BCUT2D eigenvalue weighted by Crippen LogP contribution is 2.30. The molecule has 1 aromatic heterocycles. The van der Waals surface area contributed by atoms with Gasteiger partial charge in [-0.05, 0) is 63.4 Å². The number of aromatic nitrogens is 1. The van der Waals surface area contributed by atoms with Crippen LogP contribution >= 0.6 is 0 Å². The van der Waals surface area contributed by atoms with E-state index in [1.807, 2.05) is 60.7 Å². The van der Waals surface area contributed by atoms with E-state index in [0.717, 1.165) is 11.1 Å². The lowest BCUT2D eigenvalue weighted by Gasteiger charge is -2.24. The summed E-state index contributed by atoms with van der Waals surface area (Å²) in [6, 6.07) is 22.0. The van der Waals surface area contributed by atoms with Gasteiger partial charge in [-0.2, -0.15) is 0 Å². The van der Waals surface area contributed by atoms with Crippen LogP contribution in [0.25, 0.3) is 0 Å². The fourth-order valence-corrected chi connectivity index (χ4v) is 3.86. The summed E-state index contributed by atoms with van der Waals surface area (Å²) in [6.45, 7) is 5.63. The number of carbonyl (C=O) groups is 2. The average molecular weight is 476 g/mol. The predicted molar refractivity (Wildman–Crippen MR) is 136 cm³/mol. The van der Waals surface area contributed by atoms with Gasteiger partial charge in [0.05, 0.1) is 0 Å². The van der Waals surface area contributed by atoms with Crippen molar-refractivity contribution in [2.45, 2.75) is 51.2 Å². The number of pyridine rings is 1. The molecule has 1 heterocycles. The molecule has 7 heteroatoms. The largest absolute Gasteiger partial charge is 0.458 e. The highest BCUT2D eigenvalue weighted by Gasteiger charge is 2.27. The molecule has 0 radical (unpaired) electrons. The molecular formula is C28H33N3O4. The van der Waals surface area contributed by atoms with E-state index in [0.29, 0.717) is 25.1 Å². The van der Waals surface area contributed by atoms with Crippen LogP contribution in [0, 0.1) is 0 Å². The number of carbonyl (C=O) groups excluding carboxylic acids is 2. The fourth-order valence-electron chi connectivity index (χ4n) is 3.86. The van der Waals surface area contributed by atoms with Gasteiger partial charge in [-0.15, -0.1) is 0 Å². The van der Waals surface area contributed by atoms with Crippen LogP contribution < -0.4 is 16.6 Å². The number of nitrogens with one attached hydrogen (secondary N) is 2. The molecule has 35 heavy (non-hydrogen) atoms. The third kappa shape index (κ3) is 7.13. The van der Waals surface area contributed by atoms with E-state index in [-0.39, 0.29) is 11.5 Å². The van der Waals surface area contributed by atoms with Crippen LogP contribution in [0.5, 0.6) is 0 Å². The van der Waals surface area contributed by atoms with Gasteiger partial charge < -0.3 is 20.8 Å². The maximum atomic E-state index is 13.0. The summed E-state index contributed by atoms with van der Waals surface area (Å²) in [5, 5.41) is 2.65. The summed E-state index contributed by atoms with van der Waals surface area (Å²) in [5.74, 6) is -1.40. The SMILES string of the molecule is CC(C)(C)OC(=O)[C@H](CCCN)NC(=O)c1ccc(C(c2ccccc2)c2ccccc2)[nH]c1=O. The standard InChI is InChI=1S/C28H33N3O4/c1-28(2,3)35-27(34)23(15-10-18-29)31-26(33)21-16-17-22(30-25(21)32)24(19-11-6-4-7-12-19)20-13-8-5-9-14-20/h4-9,11-14,16-17,23-24H,10,15,18,29H2,1-3H3,(H,30,32)(H,31,33)/t23-/m0/s1. The van der Waals surface area contributed by atoms with E-state index < -0.39 is 29.1 Å². The zero-order valence-electron chi connectivity index (χ0n) is 20.4. The maximum Gasteiger partial charge on any atom is 0.329 e. The molecule has 0 fully saturated rings. The van der Waals surface area contributed by atoms with Crippen LogP contribution in [0.2, 0.25) is 0 Å². The number of amides is 1. The molecule has 4 N–H and O–H groups in total. The summed E-state index contributed by atoms with van der Waals surface area (Å²) >= 11 is 0. The fraction of sp³-hybridized carbons (Fsp3) is 0.321. The van der Waals surface area contributed by atoms with Gasteiger partial charge in [-0.25, -0.2) is 4.79 Å². The van der Waals surface area contributed by atoms with Crippen LogP contribution in [0.4, 0.5) is 0 Å². The van der Waals surface area contributed by atoms with E-state index in [2.05, 4.69) is 10.3 Å². The predicted octanol–water partition coefficient (Wildman–Crippen LogP) is 3.73. The van der Waals surface area contributed by atoms with Gasteiger partial charge in [-0.1, -0.05) is 60.7 Å². The highest BCUT2D eigenvalue weighted by atomic mass is 16.6. The number of benzene rings is 2. The molecule has 7 nitrogen and oxygen atoms in total. The Kier molecular flexibility index (Phi) is 8.60. The van der Waals surface area contributed by atoms with Crippen molar-refractivity contribution in [2.75, 3.05) is 6.54 Å². The Morgan fingerprint density at radius 3 is 2.00 bits per heavy atom. The van der Waals surface area contributed by atoms with Gasteiger partial charge >= 0.3 is 5.97 Å². The van der Waals surface area contributed by atoms with Crippen molar-refractivity contribution in [1.29, 1.82) is 0 Å². The molecule has 1 amide bonds. The number of hydrogen-bond donors (Lipinski definition) is 3. The van der Waals surface area contributed by atoms with Gasteiger partial charge in [0.2, 0.25) is 0 Å². The lowest BCUT2D eigenvalue weighted by Crippen LogP contribution is -2.45. The van der Waals surface area contributed by atoms with Crippen LogP contribution in [0.1, 0.15) is 66.7 Å². The molecule has 0 saturated carbocycles. The molecule has 0 aliphatic heterocycles. The second kappa shape index (κ2) is 11.6. The third-order valence-electron chi connectivity index (χ3n) is 5.45. The molecule has 184 valence electrons. The monoisotopic (exact) mass is 475 g/mol. The summed E-state index contributed by atoms with van der Waals surface area (Å²) in [5.41, 5.74) is 6.97. The second-order valence-electron chi connectivity index (χ2n) is 9.40. The lowest BCUT2D eigenvalue weighted by atomic mass is 9.88. The summed E-state index contributed by atoms with van der Waals surface area (Å²) in [6.07, 6.45) is 0.840. The van der Waals surface area contributed by atoms with Crippen LogP contribution in [-0.2, 0) is 9.53 Å². The minimum atomic E-state index is -0.897. The normalized spacial score (nSPS) is 12.3. The first-order chi connectivity index (χ1) is 16.7. The van der Waals surface area contributed by atoms with Gasteiger partial charge in [0.15, 0.2) is 0 Å². The van der Waals surface area contributed by atoms with E-state index in [9.17, 15) is 14.4 Å². The Morgan fingerprint density at radius 1 is 0.943 bits per heavy atom. The number of H-pyrrole nitrogens is 1. The molecule has 2 aromatic carbocycles. The maximum absolute atomic E-state index is 13.0. The van der Waals surface area contributed by atoms with E-state index in [1.165, 1.54) is 6.07 Å². The van der Waals surface area contributed by atoms with Gasteiger partial charge in [0.1, 0.15) is 17.2 Å². The van der Waals surface area contributed by atoms with Crippen molar-refractivity contribution in [3.63, 3.8) is 0 Å². The molecule has 0 aliphatic rings. The molecule has 0 saturated heterocycles. The van der Waals surface area contributed by atoms with Gasteiger partial charge in [0.25, 0.3) is 11.5 Å². The summed E-state index contributed by atoms with van der Waals surface area (Å²) in [4.78, 5) is 41.4. The first kappa shape index (κ1) is 25.9. The Labute approximate surface area is 205 Å². The summed E-state index contributed by atoms with van der Waals surface area (Å²) in [7, 11) is 0. The van der Waals surface area contributed by atoms with E-state index >= 15 is 0 Å². The molecular weight excluding hydrogens is 442 g/mol. The summed E-state index contributed by atoms with van der Waals surface area (Å²) < 4.78 is 5.43. The minimum absolute atomic E-state index is 0.0741. The number of aromatic amines is 1. The number of rotatable bonds is 9. The number of esters is 1. The first-order valence-electron chi connectivity index (χ1n) is 11.8. The zero-order valence-corrected chi connectivity index (χ0v) is 20.4. The van der Waals surface area contributed by atoms with Crippen molar-refractivity contribution in [3.05, 3.63) is 106 Å². The van der Waals surface area contributed by atoms with Gasteiger partial charge in [0, 0.05) is 11.6 Å². The third-order valence-corrected chi connectivity index (χ3v) is 5.45. The van der Waals surface area contributed by atoms with Crippen LogP contribution in [0.3, 0.4) is 0 Å². The minimum Gasteiger partial charge on any atom is -0.458 e. The van der Waals surface area contributed by atoms with E-state index in [4.69, 9.17) is 10.5 Å². The quantitative estimate of drug-likeness (QED) is 0.408. The lowest BCUT2D eigenvalue weighted by molar-refractivity contribution is -0.157. The van der Waals surface area contributed by atoms with Crippen molar-refractivity contribution in [3.8, 4) is 0 Å². The van der Waals surface area contributed by atoms with E-state index in [1.54, 1.807) is 26.8 Å². The molecule has 0 spiro atoms. The number of nitrogens with two attached hydrogens (primary N) is 1. The van der Waals surface area contributed by atoms with Crippen LogP contribution in [-0.4, -0.2) is 35.0 Å². The molecule has 3 rings (SSSR count). The molecule has 0 aliphatic carbocycles. The number of ether oxygens (including phenoxy) is 1. The topological polar surface area (TPSA) is 114 Å². The second-order valence-corrected chi connectivity index (χ2v) is 9.40. The average Bonchev–Trinajstić information content (AvgIpc) is 2.82. The van der Waals surface area contributed by atoms with Crippen molar-refractivity contribution in [2.24, 2.45) is 5.73 Å². The molecule has 1 atom stereocenters. The van der Waals surface area contributed by atoms with Crippen molar-refractivity contribution in [1.82, 2.24) is 10.3 Å². The highest BCUT2D eigenvalue weighted by molar-refractivity contribution is 5.96. The Balaban J connectivity index is 1.88. The zero-order chi connectivity index (χ0) is 25.4. The van der Waals surface area contributed by atoms with Gasteiger partial charge in [-0.3, -0.25) is 9.59 Å². The molecule has 3 aromatic rings. The smallest absolute Gasteiger partial charge is 0.329 e.